The van der Waals surface area contributed by atoms with Crippen LogP contribution in [0, 0.1) is 12.8 Å². The summed E-state index contributed by atoms with van der Waals surface area (Å²) >= 11 is 0. The summed E-state index contributed by atoms with van der Waals surface area (Å²) in [5.41, 5.74) is 3.51. The second-order valence-corrected chi connectivity index (χ2v) is 6.30. The van der Waals surface area contributed by atoms with E-state index in [0.717, 1.165) is 47.9 Å². The van der Waals surface area contributed by atoms with Gasteiger partial charge in [-0.15, -0.1) is 0 Å². The monoisotopic (exact) mass is 286 g/mol. The standard InChI is InChI=1S/C18H22O3/c1-11(2)9-10-20-16-8-7-14-13-5-4-6-15(13)18(19)21-17(14)12(16)3/h7-8,11H,4-6,9-10H2,1-3H3. The summed E-state index contributed by atoms with van der Waals surface area (Å²) in [5, 5.41) is 1.08. The van der Waals surface area contributed by atoms with E-state index in [1.165, 1.54) is 5.56 Å². The van der Waals surface area contributed by atoms with Crippen molar-refractivity contribution in [3.63, 3.8) is 0 Å². The number of benzene rings is 1. The number of aryl methyl sites for hydroxylation is 2. The number of rotatable bonds is 4. The second kappa shape index (κ2) is 5.55. The molecule has 0 spiro atoms. The average Bonchev–Trinajstić information content (AvgIpc) is 2.92. The van der Waals surface area contributed by atoms with Crippen LogP contribution in [-0.4, -0.2) is 6.61 Å². The Balaban J connectivity index is 2.01. The molecule has 0 amide bonds. The van der Waals surface area contributed by atoms with Crippen LogP contribution in [0.25, 0.3) is 11.0 Å². The summed E-state index contributed by atoms with van der Waals surface area (Å²) in [7, 11) is 0. The van der Waals surface area contributed by atoms with Crippen molar-refractivity contribution < 1.29 is 9.15 Å². The molecule has 0 atom stereocenters. The molecule has 112 valence electrons. The first kappa shape index (κ1) is 14.2. The lowest BCUT2D eigenvalue weighted by Gasteiger charge is -2.13. The van der Waals surface area contributed by atoms with Gasteiger partial charge in [-0.25, -0.2) is 4.79 Å². The van der Waals surface area contributed by atoms with E-state index in [0.29, 0.717) is 18.1 Å². The van der Waals surface area contributed by atoms with Gasteiger partial charge in [0, 0.05) is 16.5 Å². The first-order chi connectivity index (χ1) is 10.1. The minimum atomic E-state index is -0.169. The highest BCUT2D eigenvalue weighted by atomic mass is 16.5. The zero-order valence-electron chi connectivity index (χ0n) is 13.0. The smallest absolute Gasteiger partial charge is 0.339 e. The van der Waals surface area contributed by atoms with Crippen LogP contribution in [-0.2, 0) is 12.8 Å². The fourth-order valence-electron chi connectivity index (χ4n) is 3.02. The maximum Gasteiger partial charge on any atom is 0.339 e. The maximum absolute atomic E-state index is 12.1. The molecule has 1 aliphatic rings. The lowest BCUT2D eigenvalue weighted by molar-refractivity contribution is 0.287. The maximum atomic E-state index is 12.1. The molecule has 0 N–H and O–H groups in total. The van der Waals surface area contributed by atoms with Crippen LogP contribution < -0.4 is 10.4 Å². The van der Waals surface area contributed by atoms with Crippen molar-refractivity contribution in [2.75, 3.05) is 6.61 Å². The zero-order valence-corrected chi connectivity index (χ0v) is 13.0. The molecule has 1 heterocycles. The number of fused-ring (bicyclic) bond motifs is 3. The number of ether oxygens (including phenoxy) is 1. The molecule has 2 aromatic rings. The molecule has 3 nitrogen and oxygen atoms in total. The van der Waals surface area contributed by atoms with E-state index in [9.17, 15) is 4.79 Å². The van der Waals surface area contributed by atoms with Gasteiger partial charge in [-0.1, -0.05) is 13.8 Å². The van der Waals surface area contributed by atoms with Crippen molar-refractivity contribution in [2.24, 2.45) is 5.92 Å². The van der Waals surface area contributed by atoms with Crippen LogP contribution in [0.2, 0.25) is 0 Å². The van der Waals surface area contributed by atoms with Gasteiger partial charge in [-0.05, 0) is 56.2 Å². The van der Waals surface area contributed by atoms with E-state index in [1.807, 2.05) is 19.1 Å². The van der Waals surface area contributed by atoms with Crippen LogP contribution in [0.15, 0.2) is 21.3 Å². The van der Waals surface area contributed by atoms with Gasteiger partial charge in [0.15, 0.2) is 0 Å². The molecule has 1 aromatic heterocycles. The van der Waals surface area contributed by atoms with Gasteiger partial charge in [0.1, 0.15) is 11.3 Å². The van der Waals surface area contributed by atoms with E-state index in [4.69, 9.17) is 9.15 Å². The highest BCUT2D eigenvalue weighted by Gasteiger charge is 2.21. The SMILES string of the molecule is Cc1c(OCCC(C)C)ccc2c3c(c(=O)oc12)CCC3. The molecule has 21 heavy (non-hydrogen) atoms. The van der Waals surface area contributed by atoms with Crippen molar-refractivity contribution in [3.05, 3.63) is 39.2 Å². The molecule has 0 bridgehead atoms. The summed E-state index contributed by atoms with van der Waals surface area (Å²) in [6.45, 7) is 7.02. The minimum Gasteiger partial charge on any atom is -0.493 e. The Morgan fingerprint density at radius 2 is 2.00 bits per heavy atom. The van der Waals surface area contributed by atoms with Gasteiger partial charge in [-0.2, -0.15) is 0 Å². The summed E-state index contributed by atoms with van der Waals surface area (Å²) < 4.78 is 11.4. The molecule has 0 saturated heterocycles. The lowest BCUT2D eigenvalue weighted by Crippen LogP contribution is -2.08. The molecular formula is C18H22O3. The topological polar surface area (TPSA) is 39.4 Å². The molecule has 3 heteroatoms. The predicted octanol–water partition coefficient (Wildman–Crippen LogP) is 4.02. The van der Waals surface area contributed by atoms with E-state index < -0.39 is 0 Å². The van der Waals surface area contributed by atoms with Crippen LogP contribution in [0.1, 0.15) is 43.4 Å². The second-order valence-electron chi connectivity index (χ2n) is 6.30. The van der Waals surface area contributed by atoms with Crippen LogP contribution >= 0.6 is 0 Å². The molecule has 0 unspecified atom stereocenters. The molecule has 0 radical (unpaired) electrons. The van der Waals surface area contributed by atoms with Crippen LogP contribution in [0.3, 0.4) is 0 Å². The third-order valence-corrected chi connectivity index (χ3v) is 4.29. The molecule has 1 aliphatic carbocycles. The zero-order chi connectivity index (χ0) is 15.0. The highest BCUT2D eigenvalue weighted by molar-refractivity contribution is 5.86. The van der Waals surface area contributed by atoms with Gasteiger partial charge in [0.25, 0.3) is 0 Å². The molecule has 0 saturated carbocycles. The Morgan fingerprint density at radius 3 is 2.76 bits per heavy atom. The lowest BCUT2D eigenvalue weighted by atomic mass is 10.0. The fourth-order valence-corrected chi connectivity index (χ4v) is 3.02. The molecule has 0 fully saturated rings. The first-order valence-electron chi connectivity index (χ1n) is 7.79. The molecule has 1 aromatic carbocycles. The van der Waals surface area contributed by atoms with Crippen molar-refractivity contribution >= 4 is 11.0 Å². The van der Waals surface area contributed by atoms with Crippen molar-refractivity contribution in [3.8, 4) is 5.75 Å². The van der Waals surface area contributed by atoms with Gasteiger partial charge in [0.2, 0.25) is 0 Å². The largest absolute Gasteiger partial charge is 0.493 e. The normalized spacial score (nSPS) is 13.9. The molecule has 3 rings (SSSR count). The Kier molecular flexibility index (Phi) is 3.75. The Hall–Kier alpha value is -1.77. The fraction of sp³-hybridized carbons (Fsp3) is 0.500. The van der Waals surface area contributed by atoms with E-state index >= 15 is 0 Å². The summed E-state index contributed by atoms with van der Waals surface area (Å²) in [4.78, 5) is 12.1. The Labute approximate surface area is 124 Å². The predicted molar refractivity (Wildman–Crippen MR) is 84.2 cm³/mol. The number of hydrogen-bond acceptors (Lipinski definition) is 3. The third kappa shape index (κ3) is 2.57. The Morgan fingerprint density at radius 1 is 1.24 bits per heavy atom. The van der Waals surface area contributed by atoms with Crippen molar-refractivity contribution in [2.45, 2.75) is 46.5 Å². The summed E-state index contributed by atoms with van der Waals surface area (Å²) in [6.07, 6.45) is 3.89. The van der Waals surface area contributed by atoms with Crippen molar-refractivity contribution in [1.29, 1.82) is 0 Å². The van der Waals surface area contributed by atoms with E-state index in [1.54, 1.807) is 0 Å². The molecule has 0 aliphatic heterocycles. The highest BCUT2D eigenvalue weighted by Crippen LogP contribution is 2.33. The van der Waals surface area contributed by atoms with Gasteiger partial charge < -0.3 is 9.15 Å². The van der Waals surface area contributed by atoms with Crippen LogP contribution in [0.5, 0.6) is 5.75 Å². The van der Waals surface area contributed by atoms with Crippen molar-refractivity contribution in [1.82, 2.24) is 0 Å². The first-order valence-corrected chi connectivity index (χ1v) is 7.79. The quantitative estimate of drug-likeness (QED) is 0.797. The van der Waals surface area contributed by atoms with Gasteiger partial charge >= 0.3 is 5.63 Å². The average molecular weight is 286 g/mol. The van der Waals surface area contributed by atoms with Crippen LogP contribution in [0.4, 0.5) is 0 Å². The molecular weight excluding hydrogens is 264 g/mol. The Bertz CT molecular complexity index is 725. The number of hydrogen-bond donors (Lipinski definition) is 0. The van der Waals surface area contributed by atoms with Gasteiger partial charge in [0.05, 0.1) is 6.61 Å². The van der Waals surface area contributed by atoms with E-state index in [2.05, 4.69) is 13.8 Å². The minimum absolute atomic E-state index is 0.169. The van der Waals surface area contributed by atoms with E-state index in [-0.39, 0.29) is 5.63 Å². The third-order valence-electron chi connectivity index (χ3n) is 4.29. The van der Waals surface area contributed by atoms with Gasteiger partial charge in [-0.3, -0.25) is 0 Å². The summed E-state index contributed by atoms with van der Waals surface area (Å²) in [5.74, 6) is 1.44. The summed E-state index contributed by atoms with van der Waals surface area (Å²) in [6, 6.07) is 4.05.